The number of hydrogen-bond donors (Lipinski definition) is 1. The summed E-state index contributed by atoms with van der Waals surface area (Å²) in [6.45, 7) is 8.47. The average Bonchev–Trinajstić information content (AvgIpc) is 2.48. The van der Waals surface area contributed by atoms with Crippen molar-refractivity contribution in [1.29, 1.82) is 0 Å². The van der Waals surface area contributed by atoms with E-state index in [4.69, 9.17) is 0 Å². The van der Waals surface area contributed by atoms with Crippen molar-refractivity contribution in [2.24, 2.45) is 5.92 Å². The van der Waals surface area contributed by atoms with Crippen molar-refractivity contribution < 1.29 is 0 Å². The summed E-state index contributed by atoms with van der Waals surface area (Å²) in [6, 6.07) is 1.52. The molecule has 2 fully saturated rings. The highest BCUT2D eigenvalue weighted by Crippen LogP contribution is 2.29. The van der Waals surface area contributed by atoms with Gasteiger partial charge < -0.3 is 5.32 Å². The molecule has 0 aromatic rings. The third kappa shape index (κ3) is 4.37. The van der Waals surface area contributed by atoms with Crippen molar-refractivity contribution in [2.45, 2.75) is 69.7 Å². The lowest BCUT2D eigenvalue weighted by Crippen LogP contribution is -2.59. The van der Waals surface area contributed by atoms with E-state index in [0.717, 1.165) is 23.3 Å². The molecule has 0 aromatic carbocycles. The predicted octanol–water partition coefficient (Wildman–Crippen LogP) is 3.37. The monoisotopic (exact) mass is 284 g/mol. The van der Waals surface area contributed by atoms with Crippen molar-refractivity contribution in [3.8, 4) is 0 Å². The van der Waals surface area contributed by atoms with Crippen LogP contribution in [0.25, 0.3) is 0 Å². The van der Waals surface area contributed by atoms with Crippen LogP contribution >= 0.6 is 11.8 Å². The Hall–Kier alpha value is 0.270. The van der Waals surface area contributed by atoms with E-state index in [1.165, 1.54) is 58.2 Å². The number of hydrogen-bond acceptors (Lipinski definition) is 3. The van der Waals surface area contributed by atoms with E-state index < -0.39 is 0 Å². The lowest BCUT2D eigenvalue weighted by Gasteiger charge is -2.44. The average molecular weight is 285 g/mol. The van der Waals surface area contributed by atoms with Crippen LogP contribution in [0.4, 0.5) is 0 Å². The zero-order chi connectivity index (χ0) is 13.7. The fourth-order valence-electron chi connectivity index (χ4n) is 3.77. The lowest BCUT2D eigenvalue weighted by molar-refractivity contribution is 0.0950. The van der Waals surface area contributed by atoms with E-state index in [1.54, 1.807) is 0 Å². The highest BCUT2D eigenvalue weighted by atomic mass is 32.2. The molecule has 3 atom stereocenters. The van der Waals surface area contributed by atoms with Gasteiger partial charge in [-0.2, -0.15) is 11.8 Å². The molecule has 2 aliphatic rings. The van der Waals surface area contributed by atoms with Crippen molar-refractivity contribution in [2.75, 3.05) is 25.9 Å². The summed E-state index contributed by atoms with van der Waals surface area (Å²) in [5.41, 5.74) is 0. The van der Waals surface area contributed by atoms with Gasteiger partial charge in [0, 0.05) is 37.0 Å². The Bertz CT molecular complexity index is 253. The molecule has 112 valence electrons. The van der Waals surface area contributed by atoms with Crippen LogP contribution in [0, 0.1) is 5.92 Å². The molecule has 0 radical (unpaired) electrons. The molecule has 2 nitrogen and oxygen atoms in total. The second-order valence-corrected chi connectivity index (χ2v) is 7.75. The van der Waals surface area contributed by atoms with Crippen LogP contribution in [0.2, 0.25) is 0 Å². The first-order valence-corrected chi connectivity index (χ1v) is 9.53. The zero-order valence-corrected chi connectivity index (χ0v) is 13.8. The fourth-order valence-corrected chi connectivity index (χ4v) is 4.11. The second-order valence-electron chi connectivity index (χ2n) is 6.48. The molecule has 1 saturated carbocycles. The third-order valence-electron chi connectivity index (χ3n) is 5.15. The Kier molecular flexibility index (Phi) is 6.51. The molecule has 0 aromatic heterocycles. The topological polar surface area (TPSA) is 15.3 Å². The molecule has 0 amide bonds. The normalized spacial score (nSPS) is 32.4. The fraction of sp³-hybridized carbons (Fsp3) is 1.00. The number of piperazine rings is 1. The van der Waals surface area contributed by atoms with Gasteiger partial charge in [0.1, 0.15) is 0 Å². The highest BCUT2D eigenvalue weighted by Gasteiger charge is 2.32. The van der Waals surface area contributed by atoms with E-state index in [1.807, 2.05) is 11.8 Å². The summed E-state index contributed by atoms with van der Waals surface area (Å²) in [4.78, 5) is 2.77. The Morgan fingerprint density at radius 1 is 1.26 bits per heavy atom. The molecule has 1 aliphatic carbocycles. The molecular formula is C16H32N2S. The SMILES string of the molecule is CCC1CNC(C2CCCCC2)CN1CC(C)SC. The first-order valence-electron chi connectivity index (χ1n) is 8.24. The number of nitrogens with zero attached hydrogens (tertiary/aromatic N) is 1. The van der Waals surface area contributed by atoms with Crippen LogP contribution in [0.1, 0.15) is 52.4 Å². The van der Waals surface area contributed by atoms with Crippen molar-refractivity contribution in [1.82, 2.24) is 10.2 Å². The maximum Gasteiger partial charge on any atom is 0.0224 e. The Balaban J connectivity index is 1.90. The van der Waals surface area contributed by atoms with Gasteiger partial charge in [-0.3, -0.25) is 4.90 Å². The lowest BCUT2D eigenvalue weighted by atomic mass is 9.82. The van der Waals surface area contributed by atoms with Crippen LogP contribution in [0.15, 0.2) is 0 Å². The number of rotatable bonds is 5. The molecule has 0 spiro atoms. The zero-order valence-electron chi connectivity index (χ0n) is 13.0. The van der Waals surface area contributed by atoms with Gasteiger partial charge in [-0.15, -0.1) is 0 Å². The van der Waals surface area contributed by atoms with Crippen molar-refractivity contribution in [3.05, 3.63) is 0 Å². The van der Waals surface area contributed by atoms with Crippen LogP contribution in [-0.2, 0) is 0 Å². The summed E-state index contributed by atoms with van der Waals surface area (Å²) in [5, 5.41) is 4.63. The Labute approximate surface area is 124 Å². The highest BCUT2D eigenvalue weighted by molar-refractivity contribution is 7.99. The Morgan fingerprint density at radius 2 is 2.00 bits per heavy atom. The quantitative estimate of drug-likeness (QED) is 0.833. The molecule has 3 heteroatoms. The maximum absolute atomic E-state index is 3.86. The van der Waals surface area contributed by atoms with Crippen LogP contribution in [0.3, 0.4) is 0 Å². The van der Waals surface area contributed by atoms with Gasteiger partial charge in [0.15, 0.2) is 0 Å². The molecule has 0 bridgehead atoms. The van der Waals surface area contributed by atoms with E-state index in [2.05, 4.69) is 30.3 Å². The van der Waals surface area contributed by atoms with Crippen molar-refractivity contribution in [3.63, 3.8) is 0 Å². The number of nitrogens with one attached hydrogen (secondary N) is 1. The minimum atomic E-state index is 0.759. The summed E-state index contributed by atoms with van der Waals surface area (Å²) >= 11 is 2.01. The van der Waals surface area contributed by atoms with E-state index in [0.29, 0.717) is 0 Å². The van der Waals surface area contributed by atoms with Gasteiger partial charge in [0.25, 0.3) is 0 Å². The third-order valence-corrected chi connectivity index (χ3v) is 6.10. The molecule has 19 heavy (non-hydrogen) atoms. The summed E-state index contributed by atoms with van der Waals surface area (Å²) in [5.74, 6) is 0.943. The molecule has 1 N–H and O–H groups in total. The van der Waals surface area contributed by atoms with E-state index in [-0.39, 0.29) is 0 Å². The first-order chi connectivity index (χ1) is 9.24. The molecule has 1 aliphatic heterocycles. The van der Waals surface area contributed by atoms with Gasteiger partial charge in [-0.25, -0.2) is 0 Å². The van der Waals surface area contributed by atoms with Gasteiger partial charge in [0.2, 0.25) is 0 Å². The maximum atomic E-state index is 3.86. The number of thioether (sulfide) groups is 1. The summed E-state index contributed by atoms with van der Waals surface area (Å²) in [7, 11) is 0. The van der Waals surface area contributed by atoms with E-state index in [9.17, 15) is 0 Å². The largest absolute Gasteiger partial charge is 0.311 e. The minimum absolute atomic E-state index is 0.759. The smallest absolute Gasteiger partial charge is 0.0224 e. The van der Waals surface area contributed by atoms with Crippen LogP contribution in [-0.4, -0.2) is 48.1 Å². The van der Waals surface area contributed by atoms with Crippen molar-refractivity contribution >= 4 is 11.8 Å². The van der Waals surface area contributed by atoms with Crippen LogP contribution < -0.4 is 5.32 Å². The van der Waals surface area contributed by atoms with Gasteiger partial charge >= 0.3 is 0 Å². The summed E-state index contributed by atoms with van der Waals surface area (Å²) < 4.78 is 0. The molecule has 3 unspecified atom stereocenters. The van der Waals surface area contributed by atoms with Gasteiger partial charge in [-0.1, -0.05) is 33.1 Å². The van der Waals surface area contributed by atoms with Crippen LogP contribution in [0.5, 0.6) is 0 Å². The standard InChI is InChI=1S/C16H32N2S/c1-4-15-10-17-16(14-8-6-5-7-9-14)12-18(15)11-13(2)19-3/h13-17H,4-12H2,1-3H3. The second kappa shape index (κ2) is 7.90. The van der Waals surface area contributed by atoms with E-state index >= 15 is 0 Å². The van der Waals surface area contributed by atoms with Gasteiger partial charge in [0.05, 0.1) is 0 Å². The molecule has 2 rings (SSSR count). The van der Waals surface area contributed by atoms with Gasteiger partial charge in [-0.05, 0) is 31.4 Å². The molecule has 1 saturated heterocycles. The summed E-state index contributed by atoms with van der Waals surface area (Å²) in [6.07, 6.45) is 10.8. The molecular weight excluding hydrogens is 252 g/mol. The molecule has 1 heterocycles. The Morgan fingerprint density at radius 3 is 2.63 bits per heavy atom. The minimum Gasteiger partial charge on any atom is -0.311 e. The predicted molar refractivity (Wildman–Crippen MR) is 87.0 cm³/mol. The first kappa shape index (κ1) is 15.7.